The van der Waals surface area contributed by atoms with Crippen LogP contribution in [0.4, 0.5) is 0 Å². The topological polar surface area (TPSA) is 89.8 Å². The summed E-state index contributed by atoms with van der Waals surface area (Å²) in [5, 5.41) is 3.30. The van der Waals surface area contributed by atoms with Crippen LogP contribution in [0, 0.1) is 0 Å². The molecule has 1 aliphatic rings. The van der Waals surface area contributed by atoms with E-state index in [9.17, 15) is 0 Å². The summed E-state index contributed by atoms with van der Waals surface area (Å²) < 4.78 is 8.88. The maximum Gasteiger partial charge on any atom is 0.466 e. The van der Waals surface area contributed by atoms with Gasteiger partial charge in [-0.05, 0) is 19.9 Å². The van der Waals surface area contributed by atoms with Gasteiger partial charge in [0.15, 0.2) is 0 Å². The number of phosphoric acid groups is 1. The highest BCUT2D eigenvalue weighted by atomic mass is 35.5. The van der Waals surface area contributed by atoms with Crippen molar-refractivity contribution in [1.29, 1.82) is 0 Å². The molecule has 96 valence electrons. The van der Waals surface area contributed by atoms with E-state index in [1.165, 1.54) is 32.1 Å². The number of nitrogens with one attached hydrogen (secondary N) is 1. The van der Waals surface area contributed by atoms with Crippen LogP contribution in [0.15, 0.2) is 0 Å². The summed E-state index contributed by atoms with van der Waals surface area (Å²) in [7, 11) is -2.57. The van der Waals surface area contributed by atoms with Crippen LogP contribution in [0.25, 0.3) is 0 Å². The van der Waals surface area contributed by atoms with Crippen molar-refractivity contribution < 1.29 is 19.2 Å². The zero-order valence-electron chi connectivity index (χ0n) is 8.63. The van der Waals surface area contributed by atoms with Crippen molar-refractivity contribution in [2.75, 3.05) is 7.05 Å². The lowest BCUT2D eigenvalue weighted by atomic mass is 9.96. The number of rotatable bonds is 1. The van der Waals surface area contributed by atoms with E-state index in [1.807, 2.05) is 0 Å². The fraction of sp³-hybridized carbons (Fsp3) is 1.00. The van der Waals surface area contributed by atoms with Crippen LogP contribution in [0.5, 0.6) is 0 Å². The molecule has 8 heteroatoms. The minimum Gasteiger partial charge on any atom is -0.317 e. The minimum atomic E-state index is -4.64. The van der Waals surface area contributed by atoms with Crippen molar-refractivity contribution in [3.8, 4) is 0 Å². The predicted octanol–water partition coefficient (Wildman–Crippen LogP) is 1.45. The van der Waals surface area contributed by atoms with Crippen molar-refractivity contribution in [2.24, 2.45) is 0 Å². The first-order chi connectivity index (χ1) is 5.93. The molecule has 0 aliphatic heterocycles. The van der Waals surface area contributed by atoms with Gasteiger partial charge in [0.05, 0.1) is 0 Å². The van der Waals surface area contributed by atoms with Crippen LogP contribution in [0.2, 0.25) is 0 Å². The lowest BCUT2D eigenvalue weighted by Gasteiger charge is -2.20. The largest absolute Gasteiger partial charge is 0.466 e. The third kappa shape index (κ3) is 20.7. The molecular formula is C7H20Cl2NO4P. The molecule has 15 heavy (non-hydrogen) atoms. The fourth-order valence-corrected chi connectivity index (χ4v) is 1.39. The van der Waals surface area contributed by atoms with Gasteiger partial charge in [-0.2, -0.15) is 0 Å². The monoisotopic (exact) mass is 283 g/mol. The third-order valence-electron chi connectivity index (χ3n) is 2.01. The van der Waals surface area contributed by atoms with Gasteiger partial charge in [0.25, 0.3) is 0 Å². The van der Waals surface area contributed by atoms with Crippen molar-refractivity contribution in [2.45, 2.75) is 38.1 Å². The molecule has 1 aliphatic carbocycles. The summed E-state index contributed by atoms with van der Waals surface area (Å²) in [4.78, 5) is 21.6. The smallest absolute Gasteiger partial charge is 0.317 e. The molecule has 0 spiro atoms. The average Bonchev–Trinajstić information content (AvgIpc) is 2.03. The Hall–Kier alpha value is 0.650. The van der Waals surface area contributed by atoms with E-state index in [0.717, 1.165) is 6.04 Å². The second-order valence-electron chi connectivity index (χ2n) is 3.14. The average molecular weight is 284 g/mol. The highest BCUT2D eigenvalue weighted by Crippen LogP contribution is 2.25. The van der Waals surface area contributed by atoms with Gasteiger partial charge in [0.2, 0.25) is 0 Å². The van der Waals surface area contributed by atoms with Gasteiger partial charge in [-0.3, -0.25) is 0 Å². The van der Waals surface area contributed by atoms with E-state index in [2.05, 4.69) is 12.4 Å². The molecular weight excluding hydrogens is 264 g/mol. The highest BCUT2D eigenvalue weighted by Gasteiger charge is 2.09. The molecule has 0 aromatic carbocycles. The van der Waals surface area contributed by atoms with E-state index in [4.69, 9.17) is 19.2 Å². The summed E-state index contributed by atoms with van der Waals surface area (Å²) in [6.45, 7) is 0. The van der Waals surface area contributed by atoms with Crippen molar-refractivity contribution >= 4 is 32.6 Å². The normalized spacial score (nSPS) is 16.5. The molecule has 0 bridgehead atoms. The molecule has 0 aromatic heterocycles. The van der Waals surface area contributed by atoms with Crippen LogP contribution in [-0.2, 0) is 4.57 Å². The van der Waals surface area contributed by atoms with Gasteiger partial charge in [-0.1, -0.05) is 19.3 Å². The second kappa shape index (κ2) is 11.1. The molecule has 0 atom stereocenters. The minimum absolute atomic E-state index is 0. The molecule has 0 saturated heterocycles. The van der Waals surface area contributed by atoms with Gasteiger partial charge in [-0.15, -0.1) is 24.8 Å². The molecule has 0 heterocycles. The van der Waals surface area contributed by atoms with E-state index < -0.39 is 7.82 Å². The summed E-state index contributed by atoms with van der Waals surface area (Å²) in [5.74, 6) is 0. The lowest BCUT2D eigenvalue weighted by molar-refractivity contribution is 0.275. The maximum atomic E-state index is 8.88. The lowest BCUT2D eigenvalue weighted by Crippen LogP contribution is -2.26. The zero-order valence-corrected chi connectivity index (χ0v) is 11.2. The van der Waals surface area contributed by atoms with Gasteiger partial charge in [0, 0.05) is 6.04 Å². The van der Waals surface area contributed by atoms with Gasteiger partial charge in [-0.25, -0.2) is 4.57 Å². The first-order valence-electron chi connectivity index (χ1n) is 4.39. The van der Waals surface area contributed by atoms with Crippen LogP contribution < -0.4 is 5.32 Å². The molecule has 0 aromatic rings. The fourth-order valence-electron chi connectivity index (χ4n) is 1.39. The van der Waals surface area contributed by atoms with E-state index in [0.29, 0.717) is 0 Å². The molecule has 0 unspecified atom stereocenters. The second-order valence-corrected chi connectivity index (χ2v) is 4.16. The molecule has 1 saturated carbocycles. The van der Waals surface area contributed by atoms with E-state index in [-0.39, 0.29) is 24.8 Å². The Bertz CT molecular complexity index is 164. The maximum absolute atomic E-state index is 8.88. The number of halogens is 2. The van der Waals surface area contributed by atoms with Crippen molar-refractivity contribution in [3.63, 3.8) is 0 Å². The molecule has 1 rings (SSSR count). The van der Waals surface area contributed by atoms with Gasteiger partial charge < -0.3 is 20.0 Å². The van der Waals surface area contributed by atoms with E-state index in [1.54, 1.807) is 0 Å². The Morgan fingerprint density at radius 3 is 1.60 bits per heavy atom. The zero-order chi connectivity index (χ0) is 10.3. The Morgan fingerprint density at radius 2 is 1.40 bits per heavy atom. The summed E-state index contributed by atoms with van der Waals surface area (Å²) in [5.41, 5.74) is 0. The van der Waals surface area contributed by atoms with Crippen molar-refractivity contribution in [1.82, 2.24) is 5.32 Å². The summed E-state index contributed by atoms with van der Waals surface area (Å²) >= 11 is 0. The highest BCUT2D eigenvalue weighted by molar-refractivity contribution is 7.45. The number of hydrogen-bond donors (Lipinski definition) is 4. The van der Waals surface area contributed by atoms with E-state index >= 15 is 0 Å². The van der Waals surface area contributed by atoms with Crippen LogP contribution in [0.1, 0.15) is 32.1 Å². The Morgan fingerprint density at radius 1 is 1.07 bits per heavy atom. The Kier molecular flexibility index (Phi) is 15.6. The first-order valence-corrected chi connectivity index (χ1v) is 5.95. The Balaban J connectivity index is -0.000000185. The summed E-state index contributed by atoms with van der Waals surface area (Å²) in [6.07, 6.45) is 7.13. The van der Waals surface area contributed by atoms with Crippen LogP contribution in [0.3, 0.4) is 0 Å². The van der Waals surface area contributed by atoms with Crippen LogP contribution >= 0.6 is 32.6 Å². The molecule has 5 nitrogen and oxygen atoms in total. The van der Waals surface area contributed by atoms with Crippen LogP contribution in [-0.4, -0.2) is 27.8 Å². The summed E-state index contributed by atoms with van der Waals surface area (Å²) in [6, 6.07) is 0.837. The molecule has 0 amide bonds. The number of hydrogen-bond acceptors (Lipinski definition) is 2. The quantitative estimate of drug-likeness (QED) is 0.547. The standard InChI is InChI=1S/C7H15N.2ClH.H3O4P/c1-8-7-5-3-2-4-6-7;;;1-5(2,3)4/h7-8H,2-6H2,1H3;2*1H;(H3,1,2,3,4). The first kappa shape index (κ1) is 21.0. The Labute approximate surface area is 103 Å². The third-order valence-corrected chi connectivity index (χ3v) is 2.01. The van der Waals surface area contributed by atoms with Gasteiger partial charge >= 0.3 is 7.82 Å². The SMILES string of the molecule is CNC1CCCCC1.Cl.Cl.O=P(O)(O)O. The molecule has 4 N–H and O–H groups in total. The van der Waals surface area contributed by atoms with Gasteiger partial charge in [0.1, 0.15) is 0 Å². The molecule has 1 fully saturated rings. The van der Waals surface area contributed by atoms with Crippen molar-refractivity contribution in [3.05, 3.63) is 0 Å². The molecule has 0 radical (unpaired) electrons. The predicted molar refractivity (Wildman–Crippen MR) is 64.7 cm³/mol.